The molecule has 14 heavy (non-hydrogen) atoms. The van der Waals surface area contributed by atoms with Crippen molar-refractivity contribution in [2.24, 2.45) is 5.73 Å². The Labute approximate surface area is 83.4 Å². The van der Waals surface area contributed by atoms with Gasteiger partial charge in [0.25, 0.3) is 5.89 Å². The first-order chi connectivity index (χ1) is 6.81. The number of nitrogens with two attached hydrogens (primary N) is 1. The number of aliphatic hydroxyl groups excluding tert-OH is 1. The number of rotatable bonds is 3. The monoisotopic (exact) mass is 212 g/mol. The van der Waals surface area contributed by atoms with Gasteiger partial charge in [-0.3, -0.25) is 4.98 Å². The Morgan fingerprint density at radius 1 is 1.64 bits per heavy atom. The number of aromatic nitrogens is 3. The molecule has 2 aromatic rings. The van der Waals surface area contributed by atoms with Crippen LogP contribution in [-0.2, 0) is 0 Å². The van der Waals surface area contributed by atoms with E-state index in [2.05, 4.69) is 15.1 Å². The molecule has 0 bridgehead atoms. The van der Waals surface area contributed by atoms with Gasteiger partial charge in [-0.25, -0.2) is 0 Å². The molecule has 74 valence electrons. The van der Waals surface area contributed by atoms with Crippen molar-refractivity contribution in [3.05, 3.63) is 17.6 Å². The summed E-state index contributed by atoms with van der Waals surface area (Å²) in [6, 6.07) is 0. The Balaban J connectivity index is 2.26. The van der Waals surface area contributed by atoms with Gasteiger partial charge in [0.05, 0.1) is 10.4 Å². The summed E-state index contributed by atoms with van der Waals surface area (Å²) in [5.41, 5.74) is 6.92. The predicted octanol–water partition coefficient (Wildman–Crippen LogP) is 0.185. The van der Waals surface area contributed by atoms with Crippen molar-refractivity contribution in [2.45, 2.75) is 6.10 Å². The SMILES string of the molecule is NC[C@H](O)c1nc(-c2cncs2)no1. The minimum absolute atomic E-state index is 0.0598. The van der Waals surface area contributed by atoms with Gasteiger partial charge < -0.3 is 15.4 Å². The molecule has 0 spiro atoms. The first kappa shape index (κ1) is 9.25. The number of hydrogen-bond acceptors (Lipinski definition) is 7. The summed E-state index contributed by atoms with van der Waals surface area (Å²) in [5.74, 6) is 0.561. The maximum absolute atomic E-state index is 9.31. The molecule has 1 atom stereocenters. The molecule has 0 aliphatic carbocycles. The average Bonchev–Trinajstić information content (AvgIpc) is 2.86. The van der Waals surface area contributed by atoms with Crippen molar-refractivity contribution in [2.75, 3.05) is 6.54 Å². The van der Waals surface area contributed by atoms with Gasteiger partial charge in [0.1, 0.15) is 6.10 Å². The first-order valence-corrected chi connectivity index (χ1v) is 4.80. The van der Waals surface area contributed by atoms with Gasteiger partial charge in [-0.1, -0.05) is 5.16 Å². The Bertz CT molecular complexity index is 399. The lowest BCUT2D eigenvalue weighted by molar-refractivity contribution is 0.141. The summed E-state index contributed by atoms with van der Waals surface area (Å²) in [7, 11) is 0. The number of hydrogen-bond donors (Lipinski definition) is 2. The second kappa shape index (κ2) is 3.82. The fourth-order valence-corrected chi connectivity index (χ4v) is 1.44. The summed E-state index contributed by atoms with van der Waals surface area (Å²) in [6.45, 7) is 0.0598. The molecule has 2 rings (SSSR count). The lowest BCUT2D eigenvalue weighted by Gasteiger charge is -1.97. The molecule has 0 unspecified atom stereocenters. The van der Waals surface area contributed by atoms with E-state index in [0.29, 0.717) is 5.82 Å². The van der Waals surface area contributed by atoms with Crippen molar-refractivity contribution in [3.63, 3.8) is 0 Å². The molecule has 0 saturated carbocycles. The molecule has 0 saturated heterocycles. The van der Waals surface area contributed by atoms with Crippen molar-refractivity contribution in [3.8, 4) is 10.7 Å². The van der Waals surface area contributed by atoms with Crippen LogP contribution in [0.1, 0.15) is 12.0 Å². The molecule has 0 radical (unpaired) electrons. The molecular weight excluding hydrogens is 204 g/mol. The third-order valence-corrected chi connectivity index (χ3v) is 2.37. The van der Waals surface area contributed by atoms with Crippen molar-refractivity contribution in [1.29, 1.82) is 0 Å². The summed E-state index contributed by atoms with van der Waals surface area (Å²) >= 11 is 1.40. The molecule has 2 aromatic heterocycles. The topological polar surface area (TPSA) is 98.1 Å². The highest BCUT2D eigenvalue weighted by Gasteiger charge is 2.15. The van der Waals surface area contributed by atoms with Gasteiger partial charge in [0, 0.05) is 12.7 Å². The normalized spacial score (nSPS) is 13.0. The van der Waals surface area contributed by atoms with Gasteiger partial charge >= 0.3 is 0 Å². The molecule has 3 N–H and O–H groups in total. The minimum atomic E-state index is -0.899. The van der Waals surface area contributed by atoms with E-state index in [1.807, 2.05) is 0 Å². The predicted molar refractivity (Wildman–Crippen MR) is 49.4 cm³/mol. The standard InChI is InChI=1S/C7H8N4O2S/c8-1-4(12)7-10-6(11-13-7)5-2-9-3-14-5/h2-4,12H,1,8H2/t4-/m0/s1. The largest absolute Gasteiger partial charge is 0.382 e. The third-order valence-electron chi connectivity index (χ3n) is 1.60. The van der Waals surface area contributed by atoms with E-state index in [-0.39, 0.29) is 12.4 Å². The van der Waals surface area contributed by atoms with Crippen LogP contribution in [0, 0.1) is 0 Å². The maximum atomic E-state index is 9.31. The highest BCUT2D eigenvalue weighted by atomic mass is 32.1. The van der Waals surface area contributed by atoms with Gasteiger partial charge in [-0.2, -0.15) is 4.98 Å². The maximum Gasteiger partial charge on any atom is 0.257 e. The molecule has 6 nitrogen and oxygen atoms in total. The van der Waals surface area contributed by atoms with E-state index in [0.717, 1.165) is 4.88 Å². The van der Waals surface area contributed by atoms with Crippen molar-refractivity contribution in [1.82, 2.24) is 15.1 Å². The summed E-state index contributed by atoms with van der Waals surface area (Å²) < 4.78 is 4.83. The molecule has 0 fully saturated rings. The van der Waals surface area contributed by atoms with Crippen LogP contribution in [0.5, 0.6) is 0 Å². The molecular formula is C7H8N4O2S. The quantitative estimate of drug-likeness (QED) is 0.753. The Morgan fingerprint density at radius 3 is 3.14 bits per heavy atom. The van der Waals surface area contributed by atoms with Crippen LogP contribution < -0.4 is 5.73 Å². The third kappa shape index (κ3) is 1.65. The second-order valence-electron chi connectivity index (χ2n) is 2.57. The fraction of sp³-hybridized carbons (Fsp3) is 0.286. The molecule has 0 amide bonds. The highest BCUT2D eigenvalue weighted by Crippen LogP contribution is 2.21. The van der Waals surface area contributed by atoms with Gasteiger partial charge in [0.15, 0.2) is 0 Å². The summed E-state index contributed by atoms with van der Waals surface area (Å²) in [5, 5.41) is 13.0. The first-order valence-electron chi connectivity index (χ1n) is 3.92. The van der Waals surface area contributed by atoms with Crippen LogP contribution in [0.4, 0.5) is 0 Å². The second-order valence-corrected chi connectivity index (χ2v) is 3.46. The Kier molecular flexibility index (Phi) is 2.53. The molecule has 0 aliphatic rings. The summed E-state index contributed by atoms with van der Waals surface area (Å²) in [6.07, 6.45) is 0.734. The van der Waals surface area contributed by atoms with Crippen LogP contribution >= 0.6 is 11.3 Å². The van der Waals surface area contributed by atoms with Gasteiger partial charge in [-0.05, 0) is 0 Å². The lowest BCUT2D eigenvalue weighted by Crippen LogP contribution is -2.11. The van der Waals surface area contributed by atoms with E-state index in [9.17, 15) is 5.11 Å². The van der Waals surface area contributed by atoms with Crippen molar-refractivity contribution >= 4 is 11.3 Å². The van der Waals surface area contributed by atoms with Gasteiger partial charge in [0.2, 0.25) is 5.82 Å². The fourth-order valence-electron chi connectivity index (χ4n) is 0.898. The molecule has 7 heteroatoms. The smallest absolute Gasteiger partial charge is 0.257 e. The Morgan fingerprint density at radius 2 is 2.50 bits per heavy atom. The van der Waals surface area contributed by atoms with E-state index in [1.54, 1.807) is 11.7 Å². The zero-order valence-electron chi connectivity index (χ0n) is 7.12. The molecule has 0 aromatic carbocycles. The lowest BCUT2D eigenvalue weighted by atomic mass is 10.3. The number of nitrogens with zero attached hydrogens (tertiary/aromatic N) is 3. The summed E-state index contributed by atoms with van der Waals surface area (Å²) in [4.78, 5) is 8.66. The van der Waals surface area contributed by atoms with Crippen LogP contribution in [0.25, 0.3) is 10.7 Å². The minimum Gasteiger partial charge on any atom is -0.382 e. The van der Waals surface area contributed by atoms with Crippen LogP contribution in [0.3, 0.4) is 0 Å². The Hall–Kier alpha value is -1.31. The van der Waals surface area contributed by atoms with Crippen LogP contribution in [0.15, 0.2) is 16.2 Å². The van der Waals surface area contributed by atoms with E-state index >= 15 is 0 Å². The van der Waals surface area contributed by atoms with Gasteiger partial charge in [-0.15, -0.1) is 11.3 Å². The number of aliphatic hydroxyl groups is 1. The number of thiazole rings is 1. The van der Waals surface area contributed by atoms with E-state index < -0.39 is 6.10 Å². The van der Waals surface area contributed by atoms with Crippen LogP contribution in [0.2, 0.25) is 0 Å². The van der Waals surface area contributed by atoms with Crippen molar-refractivity contribution < 1.29 is 9.63 Å². The molecule has 2 heterocycles. The van der Waals surface area contributed by atoms with E-state index in [1.165, 1.54) is 11.3 Å². The zero-order valence-corrected chi connectivity index (χ0v) is 7.94. The highest BCUT2D eigenvalue weighted by molar-refractivity contribution is 7.13. The average molecular weight is 212 g/mol. The van der Waals surface area contributed by atoms with E-state index in [4.69, 9.17) is 10.3 Å². The zero-order chi connectivity index (χ0) is 9.97. The molecule has 0 aliphatic heterocycles. The van der Waals surface area contributed by atoms with Crippen LogP contribution in [-0.4, -0.2) is 26.8 Å².